The maximum Gasteiger partial charge on any atom is 4.00 e. The Hall–Kier alpha value is -2.45. The Morgan fingerprint density at radius 1 is 0.340 bits per heavy atom. The Bertz CT molecular complexity index is 1880. The summed E-state index contributed by atoms with van der Waals surface area (Å²) in [5, 5.41) is 5.38. The van der Waals surface area contributed by atoms with Crippen molar-refractivity contribution in [3.05, 3.63) is 129 Å². The van der Waals surface area contributed by atoms with Crippen LogP contribution >= 0.6 is 0 Å². The summed E-state index contributed by atoms with van der Waals surface area (Å²) in [6, 6.07) is 32.9. The first-order valence-corrected chi connectivity index (χ1v) is 18.6. The minimum Gasteiger partial charge on any atom is -1.00 e. The molecule has 0 aliphatic heterocycles. The van der Waals surface area contributed by atoms with Crippen LogP contribution in [-0.4, -0.2) is 0 Å². The third-order valence-corrected chi connectivity index (χ3v) is 10.6. The van der Waals surface area contributed by atoms with Gasteiger partial charge >= 0.3 is 25.8 Å². The van der Waals surface area contributed by atoms with Gasteiger partial charge in [-0.25, -0.2) is 0 Å². The van der Waals surface area contributed by atoms with Crippen molar-refractivity contribution >= 4 is 21.5 Å². The van der Waals surface area contributed by atoms with Crippen molar-refractivity contribution in [2.45, 2.75) is 132 Å². The van der Waals surface area contributed by atoms with Gasteiger partial charge in [0.2, 0.25) is 0 Å². The second-order valence-corrected chi connectivity index (χ2v) is 19.2. The standard InChI is InChI=1S/2C25H31.2ClH.Hf/c2*1-16-9-18-11-20(12-19(18)10-17(16)2)21-13-22(24(3,4)5)15-23(14-21)25(6,7)8;;;/h2*9-15H,1-8H3;2*1H;/q2*-1;;;+4/p-2. The number of benzene rings is 4. The van der Waals surface area contributed by atoms with Crippen LogP contribution in [0.25, 0.3) is 43.8 Å². The first-order valence-electron chi connectivity index (χ1n) is 18.6. The molecular weight excluding hydrogens is 850 g/mol. The van der Waals surface area contributed by atoms with E-state index in [1.54, 1.807) is 0 Å². The minimum atomic E-state index is 0. The molecule has 0 spiro atoms. The van der Waals surface area contributed by atoms with Crippen molar-refractivity contribution in [2.24, 2.45) is 0 Å². The predicted octanol–water partition coefficient (Wildman–Crippen LogP) is 8.88. The third kappa shape index (κ3) is 10.9. The molecule has 0 heterocycles. The van der Waals surface area contributed by atoms with Gasteiger partial charge in [0, 0.05) is 0 Å². The number of fused-ring (bicyclic) bond motifs is 2. The molecule has 0 radical (unpaired) electrons. The van der Waals surface area contributed by atoms with Gasteiger partial charge in [0.25, 0.3) is 0 Å². The van der Waals surface area contributed by atoms with E-state index in [2.05, 4.69) is 196 Å². The normalized spacial score (nSPS) is 12.1. The summed E-state index contributed by atoms with van der Waals surface area (Å²) in [6.07, 6.45) is 0. The molecule has 53 heavy (non-hydrogen) atoms. The Kier molecular flexibility index (Phi) is 14.7. The van der Waals surface area contributed by atoms with Gasteiger partial charge in [0.1, 0.15) is 0 Å². The smallest absolute Gasteiger partial charge is 1.00 e. The van der Waals surface area contributed by atoms with Gasteiger partial charge in [-0.05, 0) is 71.6 Å². The van der Waals surface area contributed by atoms with Crippen LogP contribution in [0.4, 0.5) is 0 Å². The zero-order valence-electron chi connectivity index (χ0n) is 35.3. The minimum absolute atomic E-state index is 0. The summed E-state index contributed by atoms with van der Waals surface area (Å²) < 4.78 is 0. The quantitative estimate of drug-likeness (QED) is 0.120. The average Bonchev–Trinajstić information content (AvgIpc) is 3.59. The van der Waals surface area contributed by atoms with Crippen LogP contribution in [0, 0.1) is 27.7 Å². The molecule has 0 unspecified atom stereocenters. The number of hydrogen-bond acceptors (Lipinski definition) is 0. The van der Waals surface area contributed by atoms with Crippen LogP contribution in [0.1, 0.15) is 128 Å². The van der Waals surface area contributed by atoms with Crippen molar-refractivity contribution in [1.82, 2.24) is 0 Å². The van der Waals surface area contributed by atoms with E-state index < -0.39 is 0 Å². The average molecular weight is 912 g/mol. The predicted molar refractivity (Wildman–Crippen MR) is 224 cm³/mol. The Morgan fingerprint density at radius 3 is 0.830 bits per heavy atom. The Balaban J connectivity index is 0.000000347. The third-order valence-electron chi connectivity index (χ3n) is 10.6. The molecule has 0 atom stereocenters. The van der Waals surface area contributed by atoms with Crippen LogP contribution in [0.2, 0.25) is 0 Å². The van der Waals surface area contributed by atoms with E-state index >= 15 is 0 Å². The molecule has 6 aromatic carbocycles. The number of halogens is 2. The van der Waals surface area contributed by atoms with Crippen molar-refractivity contribution in [3.63, 3.8) is 0 Å². The van der Waals surface area contributed by atoms with Gasteiger partial charge in [-0.15, -0.1) is 69.1 Å². The summed E-state index contributed by atoms with van der Waals surface area (Å²) in [4.78, 5) is 0. The molecule has 0 nitrogen and oxygen atoms in total. The van der Waals surface area contributed by atoms with E-state index in [1.165, 1.54) is 88.3 Å². The van der Waals surface area contributed by atoms with Crippen LogP contribution in [0.15, 0.2) is 84.9 Å². The first-order chi connectivity index (χ1) is 22.9. The number of rotatable bonds is 2. The molecule has 0 fully saturated rings. The fourth-order valence-corrected chi connectivity index (χ4v) is 6.63. The largest absolute Gasteiger partial charge is 4.00 e. The second-order valence-electron chi connectivity index (χ2n) is 19.2. The molecule has 0 saturated carbocycles. The van der Waals surface area contributed by atoms with Crippen LogP contribution in [-0.2, 0) is 47.5 Å². The molecule has 0 aliphatic carbocycles. The maximum absolute atomic E-state index is 2.39. The van der Waals surface area contributed by atoms with Gasteiger partial charge in [0.15, 0.2) is 0 Å². The molecule has 0 aliphatic rings. The molecule has 0 N–H and O–H groups in total. The fourth-order valence-electron chi connectivity index (χ4n) is 6.63. The van der Waals surface area contributed by atoms with E-state index in [1.807, 2.05) is 0 Å². The van der Waals surface area contributed by atoms with Crippen LogP contribution in [0.5, 0.6) is 0 Å². The van der Waals surface area contributed by atoms with Crippen LogP contribution < -0.4 is 24.8 Å². The molecule has 6 rings (SSSR count). The molecule has 6 aromatic rings. The summed E-state index contributed by atoms with van der Waals surface area (Å²) >= 11 is 0. The molecule has 0 aromatic heterocycles. The topological polar surface area (TPSA) is 0 Å². The monoisotopic (exact) mass is 912 g/mol. The van der Waals surface area contributed by atoms with E-state index in [9.17, 15) is 0 Å². The van der Waals surface area contributed by atoms with Gasteiger partial charge in [-0.2, -0.15) is 0 Å². The van der Waals surface area contributed by atoms with Crippen molar-refractivity contribution < 1.29 is 50.7 Å². The van der Waals surface area contributed by atoms with Crippen molar-refractivity contribution in [2.75, 3.05) is 0 Å². The molecule has 0 saturated heterocycles. The zero-order valence-corrected chi connectivity index (χ0v) is 40.4. The number of aryl methyl sites for hydroxylation is 4. The molecule has 280 valence electrons. The van der Waals surface area contributed by atoms with E-state index in [0.29, 0.717) is 0 Å². The van der Waals surface area contributed by atoms with E-state index in [0.717, 1.165) is 0 Å². The summed E-state index contributed by atoms with van der Waals surface area (Å²) in [6.45, 7) is 36.4. The van der Waals surface area contributed by atoms with Gasteiger partial charge in [-0.1, -0.05) is 165 Å². The Morgan fingerprint density at radius 2 is 0.585 bits per heavy atom. The van der Waals surface area contributed by atoms with E-state index in [-0.39, 0.29) is 72.3 Å². The van der Waals surface area contributed by atoms with Crippen LogP contribution in [0.3, 0.4) is 0 Å². The van der Waals surface area contributed by atoms with E-state index in [4.69, 9.17) is 0 Å². The number of hydrogen-bond donors (Lipinski definition) is 0. The maximum atomic E-state index is 2.39. The summed E-state index contributed by atoms with van der Waals surface area (Å²) in [5.41, 5.74) is 17.0. The van der Waals surface area contributed by atoms with Gasteiger partial charge in [-0.3, -0.25) is 0 Å². The molecule has 0 bridgehead atoms. The Labute approximate surface area is 353 Å². The first kappa shape index (κ1) is 46.7. The second kappa shape index (κ2) is 16.7. The SMILES string of the molecule is Cc1cc2cc(-c3cc(C(C)(C)C)cc(C(C)(C)C)c3)[cH-]c2cc1C.Cc1cc2cc(-c3cc(C(C)(C)C)cc(C(C)(C)C)c3)[cH-]c2cc1C.[Cl-].[Cl-].[Hf+4]. The summed E-state index contributed by atoms with van der Waals surface area (Å²) in [7, 11) is 0. The van der Waals surface area contributed by atoms with Crippen molar-refractivity contribution in [3.8, 4) is 22.3 Å². The zero-order chi connectivity index (χ0) is 37.1. The molecular formula is C50H62Cl2Hf. The van der Waals surface area contributed by atoms with Gasteiger partial charge < -0.3 is 24.8 Å². The fraction of sp³-hybridized carbons (Fsp3) is 0.400. The molecule has 3 heteroatoms. The van der Waals surface area contributed by atoms with Crippen molar-refractivity contribution in [1.29, 1.82) is 0 Å². The van der Waals surface area contributed by atoms with Gasteiger partial charge in [0.05, 0.1) is 0 Å². The summed E-state index contributed by atoms with van der Waals surface area (Å²) in [5.74, 6) is 0. The molecule has 0 amide bonds.